The Balaban J connectivity index is 1.89. The summed E-state index contributed by atoms with van der Waals surface area (Å²) >= 11 is 8.93. The zero-order valence-corrected chi connectivity index (χ0v) is 12.5. The molecular formula is C14H10BrClFNO2. The van der Waals surface area contributed by atoms with E-state index in [0.717, 1.165) is 4.47 Å². The monoisotopic (exact) mass is 357 g/mol. The predicted octanol–water partition coefficient (Wildman–Crippen LogP) is 4.26. The molecule has 0 saturated carbocycles. The summed E-state index contributed by atoms with van der Waals surface area (Å²) in [4.78, 5) is 11.7. The van der Waals surface area contributed by atoms with Crippen molar-refractivity contribution in [2.45, 2.75) is 0 Å². The number of carbonyl (C=O) groups is 1. The molecule has 0 bridgehead atoms. The average molecular weight is 359 g/mol. The Morgan fingerprint density at radius 2 is 1.95 bits per heavy atom. The van der Waals surface area contributed by atoms with Crippen molar-refractivity contribution in [1.82, 2.24) is 0 Å². The van der Waals surface area contributed by atoms with Crippen molar-refractivity contribution in [2.24, 2.45) is 0 Å². The lowest BCUT2D eigenvalue weighted by Gasteiger charge is -2.08. The van der Waals surface area contributed by atoms with Gasteiger partial charge in [0.1, 0.15) is 11.6 Å². The first kappa shape index (κ1) is 14.8. The van der Waals surface area contributed by atoms with Crippen molar-refractivity contribution in [1.29, 1.82) is 0 Å². The number of ether oxygens (including phenoxy) is 1. The van der Waals surface area contributed by atoms with Gasteiger partial charge in [0.15, 0.2) is 6.61 Å². The van der Waals surface area contributed by atoms with E-state index in [0.29, 0.717) is 11.4 Å². The van der Waals surface area contributed by atoms with Gasteiger partial charge in [-0.2, -0.15) is 0 Å². The lowest BCUT2D eigenvalue weighted by molar-refractivity contribution is -0.118. The normalized spacial score (nSPS) is 10.2. The molecule has 0 unspecified atom stereocenters. The standard InChI is InChI=1S/C14H10BrClFNO2/c15-9-1-4-11(5-2-9)20-8-14(19)18-10-3-6-13(17)12(16)7-10/h1-7H,8H2,(H,18,19). The number of benzene rings is 2. The summed E-state index contributed by atoms with van der Waals surface area (Å²) in [6.45, 7) is -0.142. The number of carbonyl (C=O) groups excluding carboxylic acids is 1. The molecule has 2 aromatic rings. The molecule has 2 rings (SSSR count). The van der Waals surface area contributed by atoms with Gasteiger partial charge in [-0.05, 0) is 42.5 Å². The molecule has 0 aliphatic carbocycles. The van der Waals surface area contributed by atoms with Crippen LogP contribution in [0.4, 0.5) is 10.1 Å². The Labute approximate surface area is 128 Å². The van der Waals surface area contributed by atoms with Crippen LogP contribution in [0.1, 0.15) is 0 Å². The molecule has 0 aromatic heterocycles. The molecule has 2 aromatic carbocycles. The van der Waals surface area contributed by atoms with E-state index >= 15 is 0 Å². The van der Waals surface area contributed by atoms with Crippen LogP contribution < -0.4 is 10.1 Å². The highest BCUT2D eigenvalue weighted by Gasteiger charge is 2.06. The minimum absolute atomic E-state index is 0.0448. The summed E-state index contributed by atoms with van der Waals surface area (Å²) in [5, 5.41) is 2.52. The summed E-state index contributed by atoms with van der Waals surface area (Å²) in [6.07, 6.45) is 0. The maximum atomic E-state index is 13.0. The van der Waals surface area contributed by atoms with E-state index in [9.17, 15) is 9.18 Å². The Morgan fingerprint density at radius 3 is 2.60 bits per heavy atom. The van der Waals surface area contributed by atoms with Gasteiger partial charge in [-0.25, -0.2) is 4.39 Å². The molecule has 0 aliphatic heterocycles. The molecular weight excluding hydrogens is 349 g/mol. The van der Waals surface area contributed by atoms with Gasteiger partial charge < -0.3 is 10.1 Å². The first-order valence-electron chi connectivity index (χ1n) is 5.68. The van der Waals surface area contributed by atoms with E-state index in [4.69, 9.17) is 16.3 Å². The van der Waals surface area contributed by atoms with Gasteiger partial charge in [-0.1, -0.05) is 27.5 Å². The van der Waals surface area contributed by atoms with Gasteiger partial charge in [0, 0.05) is 10.2 Å². The molecule has 3 nitrogen and oxygen atoms in total. The number of amides is 1. The van der Waals surface area contributed by atoms with Crippen LogP contribution in [-0.4, -0.2) is 12.5 Å². The molecule has 6 heteroatoms. The number of rotatable bonds is 4. The number of hydrogen-bond acceptors (Lipinski definition) is 2. The fourth-order valence-corrected chi connectivity index (χ4v) is 1.90. The van der Waals surface area contributed by atoms with E-state index in [2.05, 4.69) is 21.2 Å². The molecule has 0 aliphatic rings. The first-order chi connectivity index (χ1) is 9.54. The average Bonchev–Trinajstić information content (AvgIpc) is 2.42. The second-order valence-corrected chi connectivity index (χ2v) is 5.24. The van der Waals surface area contributed by atoms with Crippen LogP contribution >= 0.6 is 27.5 Å². The lowest BCUT2D eigenvalue weighted by Crippen LogP contribution is -2.20. The van der Waals surface area contributed by atoms with Gasteiger partial charge in [0.25, 0.3) is 5.91 Å². The molecule has 0 spiro atoms. The lowest BCUT2D eigenvalue weighted by atomic mass is 10.3. The van der Waals surface area contributed by atoms with Crippen molar-refractivity contribution in [3.63, 3.8) is 0 Å². The zero-order chi connectivity index (χ0) is 14.5. The van der Waals surface area contributed by atoms with Crippen LogP contribution in [0.25, 0.3) is 0 Å². The third-order valence-electron chi connectivity index (χ3n) is 2.39. The maximum Gasteiger partial charge on any atom is 0.262 e. The Bertz CT molecular complexity index is 619. The minimum atomic E-state index is -0.532. The molecule has 1 N–H and O–H groups in total. The van der Waals surface area contributed by atoms with Gasteiger partial charge in [0.2, 0.25) is 0 Å². The Morgan fingerprint density at radius 1 is 1.25 bits per heavy atom. The Kier molecular flexibility index (Phi) is 4.98. The molecule has 0 atom stereocenters. The third-order valence-corrected chi connectivity index (χ3v) is 3.21. The van der Waals surface area contributed by atoms with Crippen molar-refractivity contribution in [3.05, 3.63) is 57.8 Å². The van der Waals surface area contributed by atoms with Gasteiger partial charge in [-0.15, -0.1) is 0 Å². The molecule has 1 amide bonds. The van der Waals surface area contributed by atoms with Crippen molar-refractivity contribution < 1.29 is 13.9 Å². The van der Waals surface area contributed by atoms with E-state index in [1.54, 1.807) is 12.1 Å². The van der Waals surface area contributed by atoms with Crippen molar-refractivity contribution in [3.8, 4) is 5.75 Å². The first-order valence-corrected chi connectivity index (χ1v) is 6.85. The minimum Gasteiger partial charge on any atom is -0.484 e. The van der Waals surface area contributed by atoms with E-state index in [1.807, 2.05) is 12.1 Å². The van der Waals surface area contributed by atoms with Crippen LogP contribution in [0.2, 0.25) is 5.02 Å². The molecule has 104 valence electrons. The quantitative estimate of drug-likeness (QED) is 0.887. The SMILES string of the molecule is O=C(COc1ccc(Br)cc1)Nc1ccc(F)c(Cl)c1. The fourth-order valence-electron chi connectivity index (χ4n) is 1.45. The molecule has 0 fully saturated rings. The van der Waals surface area contributed by atoms with Crippen LogP contribution in [-0.2, 0) is 4.79 Å². The van der Waals surface area contributed by atoms with Crippen LogP contribution in [0, 0.1) is 5.82 Å². The second-order valence-electron chi connectivity index (χ2n) is 3.92. The topological polar surface area (TPSA) is 38.3 Å². The van der Waals surface area contributed by atoms with Crippen LogP contribution in [0.15, 0.2) is 46.9 Å². The molecule has 0 saturated heterocycles. The summed E-state index contributed by atoms with van der Waals surface area (Å²) in [5.74, 6) is -0.299. The van der Waals surface area contributed by atoms with E-state index < -0.39 is 5.82 Å². The zero-order valence-electron chi connectivity index (χ0n) is 10.2. The summed E-state index contributed by atoms with van der Waals surface area (Å²) in [7, 11) is 0. The smallest absolute Gasteiger partial charge is 0.262 e. The maximum absolute atomic E-state index is 13.0. The number of anilines is 1. The Hall–Kier alpha value is -1.59. The summed E-state index contributed by atoms with van der Waals surface area (Å²) < 4.78 is 19.2. The van der Waals surface area contributed by atoms with Crippen molar-refractivity contribution in [2.75, 3.05) is 11.9 Å². The fraction of sp³-hybridized carbons (Fsp3) is 0.0714. The number of nitrogens with one attached hydrogen (secondary N) is 1. The summed E-state index contributed by atoms with van der Waals surface area (Å²) in [5.41, 5.74) is 0.417. The van der Waals surface area contributed by atoms with Crippen molar-refractivity contribution >= 4 is 39.1 Å². The number of hydrogen-bond donors (Lipinski definition) is 1. The second kappa shape index (κ2) is 6.72. The molecule has 20 heavy (non-hydrogen) atoms. The van der Waals surface area contributed by atoms with E-state index in [-0.39, 0.29) is 17.5 Å². The van der Waals surface area contributed by atoms with E-state index in [1.165, 1.54) is 18.2 Å². The van der Waals surface area contributed by atoms with Gasteiger partial charge >= 0.3 is 0 Å². The highest BCUT2D eigenvalue weighted by atomic mass is 79.9. The molecule has 0 radical (unpaired) electrons. The predicted molar refractivity (Wildman–Crippen MR) is 79.7 cm³/mol. The highest BCUT2D eigenvalue weighted by molar-refractivity contribution is 9.10. The number of halogens is 3. The third kappa shape index (κ3) is 4.21. The van der Waals surface area contributed by atoms with Crippen LogP contribution in [0.5, 0.6) is 5.75 Å². The highest BCUT2D eigenvalue weighted by Crippen LogP contribution is 2.19. The van der Waals surface area contributed by atoms with Gasteiger partial charge in [0.05, 0.1) is 5.02 Å². The van der Waals surface area contributed by atoms with Gasteiger partial charge in [-0.3, -0.25) is 4.79 Å². The van der Waals surface area contributed by atoms with Crippen LogP contribution in [0.3, 0.4) is 0 Å². The molecule has 0 heterocycles. The summed E-state index contributed by atoms with van der Waals surface area (Å²) in [6, 6.07) is 11.1. The largest absolute Gasteiger partial charge is 0.484 e.